The SMILES string of the molecule is O=C(c1ccccc1)N1CCc2ccccc2C1COc1ccccc1. The molecule has 3 aromatic carbocycles. The third-order valence-corrected chi connectivity index (χ3v) is 4.85. The van der Waals surface area contributed by atoms with Crippen LogP contribution in [0.15, 0.2) is 84.9 Å². The van der Waals surface area contributed by atoms with Gasteiger partial charge in [-0.05, 0) is 41.8 Å². The number of hydrogen-bond acceptors (Lipinski definition) is 2. The van der Waals surface area contributed by atoms with Gasteiger partial charge in [0, 0.05) is 12.1 Å². The maximum absolute atomic E-state index is 13.1. The third kappa shape index (κ3) is 3.33. The van der Waals surface area contributed by atoms with Crippen LogP contribution in [-0.2, 0) is 6.42 Å². The van der Waals surface area contributed by atoms with Crippen molar-refractivity contribution >= 4 is 5.91 Å². The summed E-state index contributed by atoms with van der Waals surface area (Å²) in [5.41, 5.74) is 3.20. The number of ether oxygens (including phenoxy) is 1. The summed E-state index contributed by atoms with van der Waals surface area (Å²) in [6.07, 6.45) is 0.872. The molecule has 0 fully saturated rings. The fraction of sp³-hybridized carbons (Fsp3) is 0.174. The minimum atomic E-state index is -0.0899. The highest BCUT2D eigenvalue weighted by Gasteiger charge is 2.31. The third-order valence-electron chi connectivity index (χ3n) is 4.85. The van der Waals surface area contributed by atoms with Crippen LogP contribution in [0, 0.1) is 0 Å². The number of rotatable bonds is 4. The van der Waals surface area contributed by atoms with E-state index >= 15 is 0 Å². The predicted octanol–water partition coefficient (Wildman–Crippen LogP) is 4.51. The van der Waals surface area contributed by atoms with Gasteiger partial charge in [-0.2, -0.15) is 0 Å². The van der Waals surface area contributed by atoms with Gasteiger partial charge in [0.05, 0.1) is 6.04 Å². The Morgan fingerprint density at radius 2 is 1.54 bits per heavy atom. The molecule has 3 nitrogen and oxygen atoms in total. The van der Waals surface area contributed by atoms with E-state index in [-0.39, 0.29) is 11.9 Å². The summed E-state index contributed by atoms with van der Waals surface area (Å²) >= 11 is 0. The van der Waals surface area contributed by atoms with Crippen molar-refractivity contribution < 1.29 is 9.53 Å². The zero-order valence-electron chi connectivity index (χ0n) is 14.5. The molecular formula is C23H21NO2. The molecule has 0 N–H and O–H groups in total. The molecular weight excluding hydrogens is 322 g/mol. The number of fused-ring (bicyclic) bond motifs is 1. The molecule has 0 aromatic heterocycles. The van der Waals surface area contributed by atoms with Gasteiger partial charge < -0.3 is 9.64 Å². The fourth-order valence-corrected chi connectivity index (χ4v) is 3.51. The van der Waals surface area contributed by atoms with E-state index in [4.69, 9.17) is 4.74 Å². The Hall–Kier alpha value is -3.07. The summed E-state index contributed by atoms with van der Waals surface area (Å²) < 4.78 is 6.02. The lowest BCUT2D eigenvalue weighted by Gasteiger charge is -2.37. The quantitative estimate of drug-likeness (QED) is 0.698. The van der Waals surface area contributed by atoms with Gasteiger partial charge >= 0.3 is 0 Å². The standard InChI is InChI=1S/C23H21NO2/c25-23(19-10-3-1-4-11-19)24-16-15-18-9-7-8-14-21(18)22(24)17-26-20-12-5-2-6-13-20/h1-14,22H,15-17H2. The van der Waals surface area contributed by atoms with E-state index in [0.717, 1.165) is 17.7 Å². The van der Waals surface area contributed by atoms with Crippen molar-refractivity contribution in [3.05, 3.63) is 102 Å². The van der Waals surface area contributed by atoms with E-state index in [2.05, 4.69) is 18.2 Å². The number of carbonyl (C=O) groups excluding carboxylic acids is 1. The highest BCUT2D eigenvalue weighted by molar-refractivity contribution is 5.94. The smallest absolute Gasteiger partial charge is 0.254 e. The van der Waals surface area contributed by atoms with E-state index in [1.807, 2.05) is 71.6 Å². The van der Waals surface area contributed by atoms with Crippen molar-refractivity contribution in [2.24, 2.45) is 0 Å². The maximum Gasteiger partial charge on any atom is 0.254 e. The van der Waals surface area contributed by atoms with E-state index in [0.29, 0.717) is 13.2 Å². The molecule has 130 valence electrons. The fourth-order valence-electron chi connectivity index (χ4n) is 3.51. The lowest BCUT2D eigenvalue weighted by atomic mass is 9.92. The second-order valence-electron chi connectivity index (χ2n) is 6.45. The minimum absolute atomic E-state index is 0.0572. The second kappa shape index (κ2) is 7.44. The summed E-state index contributed by atoms with van der Waals surface area (Å²) in [4.78, 5) is 15.0. The van der Waals surface area contributed by atoms with Crippen LogP contribution in [0.4, 0.5) is 0 Å². The normalized spacial score (nSPS) is 16.0. The van der Waals surface area contributed by atoms with Crippen molar-refractivity contribution in [1.29, 1.82) is 0 Å². The minimum Gasteiger partial charge on any atom is -0.491 e. The highest BCUT2D eigenvalue weighted by Crippen LogP contribution is 2.31. The molecule has 0 saturated heterocycles. The number of carbonyl (C=O) groups is 1. The first-order valence-corrected chi connectivity index (χ1v) is 8.94. The lowest BCUT2D eigenvalue weighted by molar-refractivity contribution is 0.0590. The predicted molar refractivity (Wildman–Crippen MR) is 102 cm³/mol. The molecule has 0 bridgehead atoms. The van der Waals surface area contributed by atoms with Gasteiger partial charge in [0.25, 0.3) is 5.91 Å². The molecule has 1 aliphatic heterocycles. The van der Waals surface area contributed by atoms with Crippen LogP contribution in [0.5, 0.6) is 5.75 Å². The van der Waals surface area contributed by atoms with Crippen LogP contribution < -0.4 is 4.74 Å². The van der Waals surface area contributed by atoms with Gasteiger partial charge in [-0.1, -0.05) is 60.7 Å². The molecule has 1 atom stereocenters. The van der Waals surface area contributed by atoms with E-state index in [9.17, 15) is 4.79 Å². The van der Waals surface area contributed by atoms with Crippen LogP contribution in [-0.4, -0.2) is 24.0 Å². The molecule has 1 heterocycles. The molecule has 3 aromatic rings. The van der Waals surface area contributed by atoms with Gasteiger partial charge in [0.1, 0.15) is 12.4 Å². The van der Waals surface area contributed by atoms with Crippen LogP contribution in [0.1, 0.15) is 27.5 Å². The van der Waals surface area contributed by atoms with Gasteiger partial charge in [0.15, 0.2) is 0 Å². The van der Waals surface area contributed by atoms with Crippen LogP contribution in [0.2, 0.25) is 0 Å². The molecule has 0 spiro atoms. The topological polar surface area (TPSA) is 29.5 Å². The summed E-state index contributed by atoms with van der Waals surface area (Å²) in [7, 11) is 0. The number of benzene rings is 3. The Bertz CT molecular complexity index is 877. The Labute approximate surface area is 153 Å². The Kier molecular flexibility index (Phi) is 4.69. The number of nitrogens with zero attached hydrogens (tertiary/aromatic N) is 1. The van der Waals surface area contributed by atoms with Crippen LogP contribution in [0.3, 0.4) is 0 Å². The van der Waals surface area contributed by atoms with E-state index in [1.54, 1.807) is 0 Å². The maximum atomic E-state index is 13.1. The van der Waals surface area contributed by atoms with Gasteiger partial charge in [-0.15, -0.1) is 0 Å². The largest absolute Gasteiger partial charge is 0.491 e. The Morgan fingerprint density at radius 3 is 2.31 bits per heavy atom. The average Bonchev–Trinajstić information content (AvgIpc) is 2.73. The number of para-hydroxylation sites is 1. The lowest BCUT2D eigenvalue weighted by Crippen LogP contribution is -2.42. The van der Waals surface area contributed by atoms with Crippen LogP contribution >= 0.6 is 0 Å². The summed E-state index contributed by atoms with van der Waals surface area (Å²) in [6, 6.07) is 27.5. The first-order chi connectivity index (χ1) is 12.8. The van der Waals surface area contributed by atoms with Gasteiger partial charge in [-0.25, -0.2) is 0 Å². The monoisotopic (exact) mass is 343 g/mol. The highest BCUT2D eigenvalue weighted by atomic mass is 16.5. The zero-order valence-corrected chi connectivity index (χ0v) is 14.5. The number of hydrogen-bond donors (Lipinski definition) is 0. The summed E-state index contributed by atoms with van der Waals surface area (Å²) in [6.45, 7) is 1.15. The van der Waals surface area contributed by atoms with Crippen molar-refractivity contribution in [1.82, 2.24) is 4.90 Å². The molecule has 0 radical (unpaired) electrons. The molecule has 1 amide bonds. The number of amides is 1. The summed E-state index contributed by atoms with van der Waals surface area (Å²) in [5, 5.41) is 0. The molecule has 1 aliphatic rings. The zero-order chi connectivity index (χ0) is 17.8. The second-order valence-corrected chi connectivity index (χ2v) is 6.45. The molecule has 1 unspecified atom stereocenters. The molecule has 4 rings (SSSR count). The summed E-state index contributed by atoms with van der Waals surface area (Å²) in [5.74, 6) is 0.879. The Balaban J connectivity index is 1.63. The molecule has 0 saturated carbocycles. The van der Waals surface area contributed by atoms with Crippen molar-refractivity contribution in [3.63, 3.8) is 0 Å². The van der Waals surface area contributed by atoms with E-state index < -0.39 is 0 Å². The first-order valence-electron chi connectivity index (χ1n) is 8.94. The molecule has 26 heavy (non-hydrogen) atoms. The van der Waals surface area contributed by atoms with Gasteiger partial charge in [-0.3, -0.25) is 4.79 Å². The van der Waals surface area contributed by atoms with Crippen molar-refractivity contribution in [2.75, 3.05) is 13.2 Å². The molecule has 0 aliphatic carbocycles. The van der Waals surface area contributed by atoms with E-state index in [1.165, 1.54) is 11.1 Å². The van der Waals surface area contributed by atoms with Crippen molar-refractivity contribution in [2.45, 2.75) is 12.5 Å². The van der Waals surface area contributed by atoms with Gasteiger partial charge in [0.2, 0.25) is 0 Å². The molecule has 3 heteroatoms. The van der Waals surface area contributed by atoms with Crippen molar-refractivity contribution in [3.8, 4) is 5.75 Å². The average molecular weight is 343 g/mol. The van der Waals surface area contributed by atoms with Crippen LogP contribution in [0.25, 0.3) is 0 Å². The Morgan fingerprint density at radius 1 is 0.885 bits per heavy atom. The first kappa shape index (κ1) is 16.4.